The molecule has 0 saturated heterocycles. The van der Waals surface area contributed by atoms with Crippen molar-refractivity contribution in [1.29, 1.82) is 0 Å². The van der Waals surface area contributed by atoms with Crippen molar-refractivity contribution < 1.29 is 10.2 Å². The molecule has 5 heteroatoms. The number of allylic oxidation sites excluding steroid dienone is 5. The molecular weight excluding hydrogens is 454 g/mol. The highest BCUT2D eigenvalue weighted by Crippen LogP contribution is 2.38. The van der Waals surface area contributed by atoms with Gasteiger partial charge in [0.25, 0.3) is 0 Å². The van der Waals surface area contributed by atoms with Crippen molar-refractivity contribution in [3.8, 4) is 0 Å². The molecule has 0 aromatic heterocycles. The zero-order valence-corrected chi connectivity index (χ0v) is 24.0. The second-order valence-corrected chi connectivity index (χ2v) is 11.8. The van der Waals surface area contributed by atoms with Crippen molar-refractivity contribution in [3.05, 3.63) is 51.0 Å². The Morgan fingerprint density at radius 2 is 1.94 bits per heavy atom. The molecule has 0 aromatic rings. The number of hydrogen-bond acceptors (Lipinski definition) is 5. The third-order valence-electron chi connectivity index (χ3n) is 7.98. The fraction of sp³-hybridized carbons (Fsp3) is 0.733. The number of aliphatic hydroxyl groups is 2. The highest BCUT2D eigenvalue weighted by molar-refractivity contribution is 7.84. The molecule has 0 aromatic carbocycles. The minimum Gasteiger partial charge on any atom is -0.513 e. The van der Waals surface area contributed by atoms with E-state index in [9.17, 15) is 15.1 Å². The molecule has 5 unspecified atom stereocenters. The van der Waals surface area contributed by atoms with Gasteiger partial charge in [-0.15, -0.1) is 12.6 Å². The topological polar surface area (TPSA) is 69.9 Å². The van der Waals surface area contributed by atoms with Gasteiger partial charge >= 0.3 is 0 Å². The van der Waals surface area contributed by atoms with Crippen LogP contribution in [-0.2, 0) is 0 Å². The first-order chi connectivity index (χ1) is 16.4. The predicted molar refractivity (Wildman–Crippen MR) is 154 cm³/mol. The Morgan fingerprint density at radius 3 is 2.57 bits per heavy atom. The molecule has 1 aliphatic carbocycles. The van der Waals surface area contributed by atoms with Crippen molar-refractivity contribution in [2.24, 2.45) is 28.8 Å². The third-order valence-corrected chi connectivity index (χ3v) is 8.62. The van der Waals surface area contributed by atoms with Gasteiger partial charge in [0.1, 0.15) is 0 Å². The molecule has 2 N–H and O–H groups in total. The first-order valence-electron chi connectivity index (χ1n) is 13.5. The molecule has 1 aliphatic rings. The van der Waals surface area contributed by atoms with E-state index >= 15 is 0 Å². The second-order valence-electron chi connectivity index (χ2n) is 11.4. The summed E-state index contributed by atoms with van der Waals surface area (Å²) in [6.45, 7) is 16.6. The Hall–Kier alpha value is -1.33. The highest BCUT2D eigenvalue weighted by atomic mass is 32.1. The van der Waals surface area contributed by atoms with Gasteiger partial charge < -0.3 is 10.2 Å². The zero-order chi connectivity index (χ0) is 26.6. The first-order valence-corrected chi connectivity index (χ1v) is 14.0. The minimum absolute atomic E-state index is 0.0932. The van der Waals surface area contributed by atoms with E-state index in [-0.39, 0.29) is 17.6 Å². The molecule has 0 aliphatic heterocycles. The summed E-state index contributed by atoms with van der Waals surface area (Å²) in [4.78, 5) is 11.9. The molecule has 4 nitrogen and oxygen atoms in total. The summed E-state index contributed by atoms with van der Waals surface area (Å²) in [5, 5.41) is 23.2. The van der Waals surface area contributed by atoms with Crippen LogP contribution in [0, 0.1) is 28.6 Å². The number of aliphatic hydroxyl groups excluding tert-OH is 1. The number of nitrogens with zero attached hydrogens (tertiary/aromatic N) is 1. The predicted octanol–water partition coefficient (Wildman–Crippen LogP) is 9.09. The molecule has 35 heavy (non-hydrogen) atoms. The van der Waals surface area contributed by atoms with Gasteiger partial charge in [0, 0.05) is 16.7 Å². The Balaban J connectivity index is 2.34. The summed E-state index contributed by atoms with van der Waals surface area (Å²) in [7, 11) is 0. The summed E-state index contributed by atoms with van der Waals surface area (Å²) in [6, 6.07) is 0. The summed E-state index contributed by atoms with van der Waals surface area (Å²) in [6.07, 6.45) is 14.3. The Labute approximate surface area is 220 Å². The van der Waals surface area contributed by atoms with Gasteiger partial charge in [-0.2, -0.15) is 4.91 Å². The quantitative estimate of drug-likeness (QED) is 0.0799. The van der Waals surface area contributed by atoms with Gasteiger partial charge in [-0.25, -0.2) is 0 Å². The van der Waals surface area contributed by atoms with Crippen molar-refractivity contribution in [2.45, 2.75) is 111 Å². The minimum atomic E-state index is -0.660. The van der Waals surface area contributed by atoms with E-state index < -0.39 is 5.60 Å². The van der Waals surface area contributed by atoms with E-state index in [2.05, 4.69) is 51.6 Å². The molecule has 1 rings (SSSR count). The summed E-state index contributed by atoms with van der Waals surface area (Å²) in [5.74, 6) is 1.50. The number of hydrogen-bond donors (Lipinski definition) is 3. The van der Waals surface area contributed by atoms with E-state index in [1.807, 2.05) is 13.8 Å². The molecule has 0 amide bonds. The van der Waals surface area contributed by atoms with E-state index in [0.717, 1.165) is 56.3 Å². The molecule has 0 spiro atoms. The number of thiol groups is 1. The zero-order valence-electron chi connectivity index (χ0n) is 23.1. The Bertz CT molecular complexity index is 780. The highest BCUT2D eigenvalue weighted by Gasteiger charge is 2.25. The van der Waals surface area contributed by atoms with E-state index in [1.165, 1.54) is 29.6 Å². The smallest absolute Gasteiger partial charge is 0.0879 e. The van der Waals surface area contributed by atoms with Gasteiger partial charge in [-0.1, -0.05) is 62.2 Å². The lowest BCUT2D eigenvalue weighted by Crippen LogP contribution is -2.23. The van der Waals surface area contributed by atoms with E-state index in [4.69, 9.17) is 12.6 Å². The molecular formula is C30H51NO3S. The van der Waals surface area contributed by atoms with Gasteiger partial charge in [0.2, 0.25) is 0 Å². The van der Waals surface area contributed by atoms with Crippen molar-refractivity contribution in [1.82, 2.24) is 0 Å². The first kappa shape index (κ1) is 31.7. The van der Waals surface area contributed by atoms with E-state index in [0.29, 0.717) is 18.4 Å². The fourth-order valence-electron chi connectivity index (χ4n) is 4.86. The van der Waals surface area contributed by atoms with Gasteiger partial charge in [-0.05, 0) is 96.0 Å². The Morgan fingerprint density at radius 1 is 1.26 bits per heavy atom. The van der Waals surface area contributed by atoms with Crippen LogP contribution in [0.1, 0.15) is 106 Å². The SMILES string of the molecule is C=C(O)C(C)CCCC(C)(O)CC/C=C(\C)CCCC(C)CCC1=CC(CN=O)C(C)C(C)=C1S. The van der Waals surface area contributed by atoms with Crippen molar-refractivity contribution >= 4 is 12.6 Å². The standard InChI is InChI=1S/C30H51NO3S/c1-21(13-9-17-30(7,33)18-10-14-23(3)26(6)32)11-8-12-22(2)15-16-27-19-28(20-31-34)24(4)25(5)29(27)35/h13,19,22-24,28,32-33,35H,6,8-12,14-18,20H2,1-5,7H3/b21-13+. The molecule has 0 bridgehead atoms. The molecule has 5 atom stereocenters. The van der Waals surface area contributed by atoms with Gasteiger partial charge in [-0.3, -0.25) is 0 Å². The fourth-order valence-corrected chi connectivity index (χ4v) is 5.25. The van der Waals surface area contributed by atoms with Crippen LogP contribution in [0.5, 0.6) is 0 Å². The van der Waals surface area contributed by atoms with Crippen molar-refractivity contribution in [3.63, 3.8) is 0 Å². The lowest BCUT2D eigenvalue weighted by atomic mass is 9.80. The molecule has 0 saturated carbocycles. The monoisotopic (exact) mass is 505 g/mol. The second kappa shape index (κ2) is 15.7. The van der Waals surface area contributed by atoms with Crippen LogP contribution < -0.4 is 0 Å². The maximum absolute atomic E-state index is 10.8. The summed E-state index contributed by atoms with van der Waals surface area (Å²) < 4.78 is 0. The van der Waals surface area contributed by atoms with Crippen molar-refractivity contribution in [2.75, 3.05) is 6.54 Å². The van der Waals surface area contributed by atoms with Crippen LogP contribution in [0.2, 0.25) is 0 Å². The molecule has 0 heterocycles. The number of nitroso groups, excluding NO2 is 1. The molecule has 0 fully saturated rings. The molecule has 0 radical (unpaired) electrons. The lowest BCUT2D eigenvalue weighted by molar-refractivity contribution is 0.0393. The van der Waals surface area contributed by atoms with Crippen LogP contribution in [-0.4, -0.2) is 22.4 Å². The normalized spacial score (nSPS) is 22.4. The maximum Gasteiger partial charge on any atom is 0.0879 e. The maximum atomic E-state index is 10.8. The lowest BCUT2D eigenvalue weighted by Gasteiger charge is -2.28. The summed E-state index contributed by atoms with van der Waals surface area (Å²) in [5.41, 5.74) is 3.30. The van der Waals surface area contributed by atoms with Gasteiger partial charge in [0.15, 0.2) is 0 Å². The van der Waals surface area contributed by atoms with Crippen LogP contribution in [0.4, 0.5) is 0 Å². The number of rotatable bonds is 17. The van der Waals surface area contributed by atoms with Crippen LogP contribution in [0.3, 0.4) is 0 Å². The van der Waals surface area contributed by atoms with Gasteiger partial charge in [0.05, 0.1) is 17.9 Å². The van der Waals surface area contributed by atoms with Crippen LogP contribution >= 0.6 is 12.6 Å². The average Bonchev–Trinajstić information content (AvgIpc) is 2.78. The third kappa shape index (κ3) is 12.0. The summed E-state index contributed by atoms with van der Waals surface area (Å²) >= 11 is 4.77. The molecule has 200 valence electrons. The largest absolute Gasteiger partial charge is 0.513 e. The van der Waals surface area contributed by atoms with Crippen LogP contribution in [0.15, 0.2) is 51.3 Å². The Kier molecular flexibility index (Phi) is 14.2. The van der Waals surface area contributed by atoms with E-state index in [1.54, 1.807) is 0 Å². The van der Waals surface area contributed by atoms with Crippen LogP contribution in [0.25, 0.3) is 0 Å². The average molecular weight is 506 g/mol.